The zero-order valence-corrected chi connectivity index (χ0v) is 20.5. The maximum atomic E-state index is 12.3. The van der Waals surface area contributed by atoms with E-state index >= 15 is 0 Å². The Morgan fingerprint density at radius 1 is 1.03 bits per heavy atom. The van der Waals surface area contributed by atoms with E-state index in [0.29, 0.717) is 19.1 Å². The molecule has 1 aliphatic heterocycles. The molecule has 5 heteroatoms. The van der Waals surface area contributed by atoms with Crippen molar-refractivity contribution >= 4 is 11.7 Å². The molecule has 182 valence electrons. The second kappa shape index (κ2) is 8.51. The Labute approximate surface area is 203 Å². The molecular formula is C29H37NO4. The molecule has 2 saturated carbocycles. The predicted molar refractivity (Wildman–Crippen MR) is 130 cm³/mol. The van der Waals surface area contributed by atoms with Crippen molar-refractivity contribution in [1.29, 1.82) is 0 Å². The summed E-state index contributed by atoms with van der Waals surface area (Å²) in [6.45, 7) is 6.15. The van der Waals surface area contributed by atoms with Gasteiger partial charge < -0.3 is 14.2 Å². The second-order valence-electron chi connectivity index (χ2n) is 11.6. The predicted octanol–water partition coefficient (Wildman–Crippen LogP) is 6.35. The smallest absolute Gasteiger partial charge is 0.431 e. The van der Waals surface area contributed by atoms with Crippen molar-refractivity contribution in [2.24, 2.45) is 28.6 Å². The van der Waals surface area contributed by atoms with Crippen molar-refractivity contribution in [2.45, 2.75) is 77.4 Å². The second-order valence-corrected chi connectivity index (χ2v) is 11.6. The Morgan fingerprint density at radius 2 is 1.88 bits per heavy atom. The third-order valence-corrected chi connectivity index (χ3v) is 10.0. The molecule has 1 aromatic rings. The topological polar surface area (TPSA) is 57.7 Å². The van der Waals surface area contributed by atoms with E-state index in [9.17, 15) is 4.79 Å². The number of pyridine rings is 1. The summed E-state index contributed by atoms with van der Waals surface area (Å²) in [6.07, 6.45) is 16.7. The Balaban J connectivity index is 1.15. The summed E-state index contributed by atoms with van der Waals surface area (Å²) < 4.78 is 16.5. The highest BCUT2D eigenvalue weighted by Crippen LogP contribution is 2.66. The van der Waals surface area contributed by atoms with Gasteiger partial charge in [0.1, 0.15) is 12.2 Å². The number of fused-ring (bicyclic) bond motifs is 5. The molecular weight excluding hydrogens is 426 g/mol. The van der Waals surface area contributed by atoms with Crippen LogP contribution in [0.25, 0.3) is 5.57 Å². The van der Waals surface area contributed by atoms with Crippen LogP contribution in [0.3, 0.4) is 0 Å². The average Bonchev–Trinajstić information content (AvgIpc) is 3.47. The molecule has 0 radical (unpaired) electrons. The molecule has 4 aliphatic carbocycles. The van der Waals surface area contributed by atoms with Gasteiger partial charge in [-0.2, -0.15) is 0 Å². The lowest BCUT2D eigenvalue weighted by molar-refractivity contribution is -0.0425. The fourth-order valence-corrected chi connectivity index (χ4v) is 8.17. The minimum atomic E-state index is -0.521. The minimum absolute atomic E-state index is 0.0649. The van der Waals surface area contributed by atoms with E-state index in [0.717, 1.165) is 43.9 Å². The van der Waals surface area contributed by atoms with Crippen molar-refractivity contribution < 1.29 is 19.0 Å². The molecule has 6 unspecified atom stereocenters. The maximum absolute atomic E-state index is 12.3. The van der Waals surface area contributed by atoms with E-state index in [2.05, 4.69) is 43.1 Å². The summed E-state index contributed by atoms with van der Waals surface area (Å²) in [5, 5.41) is 0. The normalized spacial score (nSPS) is 40.9. The molecule has 0 bridgehead atoms. The molecule has 2 heterocycles. The first-order chi connectivity index (χ1) is 16.5. The van der Waals surface area contributed by atoms with E-state index in [4.69, 9.17) is 14.2 Å². The Bertz CT molecular complexity index is 997. The van der Waals surface area contributed by atoms with E-state index in [1.54, 1.807) is 0 Å². The summed E-state index contributed by atoms with van der Waals surface area (Å²) in [5.41, 5.74) is 4.82. The Kier molecular flexibility index (Phi) is 5.59. The number of aromatic nitrogens is 1. The van der Waals surface area contributed by atoms with Gasteiger partial charge in [-0.05, 0) is 84.3 Å². The zero-order chi connectivity index (χ0) is 23.3. The number of carbonyl (C=O) groups is 1. The summed E-state index contributed by atoms with van der Waals surface area (Å²) >= 11 is 0. The van der Waals surface area contributed by atoms with Gasteiger partial charge in [-0.25, -0.2) is 4.79 Å². The van der Waals surface area contributed by atoms with Crippen molar-refractivity contribution in [2.75, 3.05) is 13.2 Å². The van der Waals surface area contributed by atoms with Crippen LogP contribution in [-0.2, 0) is 14.2 Å². The number of rotatable bonds is 3. The molecule has 1 aromatic heterocycles. The highest BCUT2D eigenvalue weighted by Gasteiger charge is 2.57. The highest BCUT2D eigenvalue weighted by molar-refractivity contribution is 5.72. The van der Waals surface area contributed by atoms with Crippen LogP contribution < -0.4 is 0 Å². The van der Waals surface area contributed by atoms with Gasteiger partial charge in [-0.3, -0.25) is 4.98 Å². The highest BCUT2D eigenvalue weighted by atomic mass is 16.7. The molecule has 7 atom stereocenters. The van der Waals surface area contributed by atoms with E-state index in [-0.39, 0.29) is 23.0 Å². The number of hydrogen-bond acceptors (Lipinski definition) is 5. The molecule has 34 heavy (non-hydrogen) atoms. The molecule has 5 aliphatic rings. The first-order valence-electron chi connectivity index (χ1n) is 13.2. The van der Waals surface area contributed by atoms with Gasteiger partial charge in [0.2, 0.25) is 0 Å². The largest absolute Gasteiger partial charge is 0.508 e. The summed E-state index contributed by atoms with van der Waals surface area (Å²) in [7, 11) is 0. The molecule has 3 fully saturated rings. The molecule has 6 rings (SSSR count). The van der Waals surface area contributed by atoms with Crippen LogP contribution >= 0.6 is 0 Å². The SMILES string of the molecule is CC12CCC3C(CC=C4CC(OC(=O)OC5CCOC5)CC[C@@]43C)C1CC=C2c1cccnc1. The lowest BCUT2D eigenvalue weighted by atomic mass is 9.47. The monoisotopic (exact) mass is 463 g/mol. The van der Waals surface area contributed by atoms with Crippen LogP contribution in [-0.4, -0.2) is 36.6 Å². The first-order valence-corrected chi connectivity index (χ1v) is 13.2. The molecule has 0 aromatic carbocycles. The van der Waals surface area contributed by atoms with Crippen molar-refractivity contribution in [3.63, 3.8) is 0 Å². The third kappa shape index (κ3) is 3.62. The number of carbonyl (C=O) groups excluding carboxylic acids is 1. The van der Waals surface area contributed by atoms with Crippen LogP contribution in [0.15, 0.2) is 42.3 Å². The quantitative estimate of drug-likeness (QED) is 0.386. The maximum Gasteiger partial charge on any atom is 0.508 e. The fourth-order valence-electron chi connectivity index (χ4n) is 8.17. The van der Waals surface area contributed by atoms with Gasteiger partial charge in [-0.1, -0.05) is 37.6 Å². The van der Waals surface area contributed by atoms with Crippen molar-refractivity contribution in [1.82, 2.24) is 4.98 Å². The van der Waals surface area contributed by atoms with Crippen LogP contribution in [0.5, 0.6) is 0 Å². The number of nitrogens with zero attached hydrogens (tertiary/aromatic N) is 1. The van der Waals surface area contributed by atoms with E-state index in [1.165, 1.54) is 36.0 Å². The van der Waals surface area contributed by atoms with Gasteiger partial charge >= 0.3 is 6.16 Å². The molecule has 0 spiro atoms. The third-order valence-electron chi connectivity index (χ3n) is 10.0. The molecule has 0 N–H and O–H groups in total. The fraction of sp³-hybridized carbons (Fsp3) is 0.655. The van der Waals surface area contributed by atoms with Gasteiger partial charge in [0, 0.05) is 25.2 Å². The minimum Gasteiger partial charge on any atom is -0.431 e. The van der Waals surface area contributed by atoms with Gasteiger partial charge in [-0.15, -0.1) is 0 Å². The average molecular weight is 464 g/mol. The van der Waals surface area contributed by atoms with Crippen LogP contribution in [0, 0.1) is 28.6 Å². The van der Waals surface area contributed by atoms with Gasteiger partial charge in [0.05, 0.1) is 13.2 Å². The van der Waals surface area contributed by atoms with Crippen LogP contribution in [0.4, 0.5) is 4.79 Å². The van der Waals surface area contributed by atoms with E-state index in [1.807, 2.05) is 12.4 Å². The number of ether oxygens (including phenoxy) is 3. The Hall–Kier alpha value is -2.14. The summed E-state index contributed by atoms with van der Waals surface area (Å²) in [6, 6.07) is 4.29. The van der Waals surface area contributed by atoms with Crippen LogP contribution in [0.1, 0.15) is 70.8 Å². The lowest BCUT2D eigenvalue weighted by Gasteiger charge is -2.57. The Morgan fingerprint density at radius 3 is 2.68 bits per heavy atom. The summed E-state index contributed by atoms with van der Waals surface area (Å²) in [5.74, 6) is 2.15. The number of allylic oxidation sites excluding steroid dienone is 3. The summed E-state index contributed by atoms with van der Waals surface area (Å²) in [4.78, 5) is 16.7. The lowest BCUT2D eigenvalue weighted by Crippen LogP contribution is -2.50. The number of hydrogen-bond donors (Lipinski definition) is 0. The molecule has 1 saturated heterocycles. The standard InChI is InChI=1S/C29H37NO4/c1-28-12-9-21(33-27(31)34-22-11-15-32-18-22)16-20(28)5-6-23-25-8-7-24(19-4-3-14-30-17-19)29(25,2)13-10-26(23)28/h3-5,7,14,17,21-23,25-26H,6,8-13,15-16,18H2,1-2H3/t21?,22?,23?,25?,26?,28-,29?/m0/s1. The zero-order valence-electron chi connectivity index (χ0n) is 20.5. The van der Waals surface area contributed by atoms with Crippen molar-refractivity contribution in [3.05, 3.63) is 47.8 Å². The first kappa shape index (κ1) is 22.3. The molecule has 0 amide bonds. The van der Waals surface area contributed by atoms with E-state index < -0.39 is 6.16 Å². The van der Waals surface area contributed by atoms with Crippen molar-refractivity contribution in [3.8, 4) is 0 Å². The van der Waals surface area contributed by atoms with Crippen LogP contribution in [0.2, 0.25) is 0 Å². The van der Waals surface area contributed by atoms with Gasteiger partial charge in [0.15, 0.2) is 0 Å². The van der Waals surface area contributed by atoms with Gasteiger partial charge in [0.25, 0.3) is 0 Å². The molecule has 5 nitrogen and oxygen atoms in total.